The molecule has 8 heavy (non-hydrogen) atoms. The van der Waals surface area contributed by atoms with Gasteiger partial charge in [0.05, 0.1) is 0 Å². The average molecular weight is 116 g/mol. The molecule has 0 radical (unpaired) electrons. The highest BCUT2D eigenvalue weighted by Gasteiger charge is 1.82. The van der Waals surface area contributed by atoms with Crippen LogP contribution in [0.4, 0.5) is 0 Å². The van der Waals surface area contributed by atoms with Gasteiger partial charge >= 0.3 is 0 Å². The summed E-state index contributed by atoms with van der Waals surface area (Å²) in [5.74, 6) is 4.97. The molecule has 3 N–H and O–H groups in total. The number of unbranched alkanes of at least 4 members (excludes halogenated alkanes) is 2. The first kappa shape index (κ1) is 7.59. The molecule has 3 heteroatoms. The van der Waals surface area contributed by atoms with Crippen molar-refractivity contribution in [2.75, 3.05) is 6.54 Å². The first-order chi connectivity index (χ1) is 3.91. The number of nitrogens with one attached hydrogen (secondary N) is 1. The van der Waals surface area contributed by atoms with Crippen LogP contribution in [0, 0.1) is 0 Å². The quantitative estimate of drug-likeness (QED) is 0.227. The molecule has 0 bridgehead atoms. The normalized spacial score (nSPS) is 9.12. The number of hydrazine groups is 1. The molecule has 0 atom stereocenters. The molecule has 0 rings (SSSR count). The predicted octanol–water partition coefficient (Wildman–Crippen LogP) is -0.181. The molecule has 0 saturated carbocycles. The van der Waals surface area contributed by atoms with Gasteiger partial charge in [0.25, 0.3) is 0 Å². The van der Waals surface area contributed by atoms with Crippen LogP contribution in [0.5, 0.6) is 0 Å². The lowest BCUT2D eigenvalue weighted by atomic mass is 10.2. The molecular weight excluding hydrogens is 104 g/mol. The molecule has 0 aliphatic heterocycles. The number of hydrogen-bond donors (Lipinski definition) is 2. The van der Waals surface area contributed by atoms with Gasteiger partial charge < -0.3 is 4.79 Å². The van der Waals surface area contributed by atoms with E-state index in [0.29, 0.717) is 6.42 Å². The first-order valence-corrected chi connectivity index (χ1v) is 2.79. The second-order valence-electron chi connectivity index (χ2n) is 1.62. The van der Waals surface area contributed by atoms with Crippen molar-refractivity contribution in [3.63, 3.8) is 0 Å². The molecule has 0 aromatic rings. The third-order valence-corrected chi connectivity index (χ3v) is 0.893. The van der Waals surface area contributed by atoms with Crippen molar-refractivity contribution in [1.82, 2.24) is 5.43 Å². The van der Waals surface area contributed by atoms with Crippen LogP contribution in [-0.2, 0) is 4.79 Å². The summed E-state index contributed by atoms with van der Waals surface area (Å²) in [4.78, 5) is 9.72. The molecule has 0 aliphatic rings. The van der Waals surface area contributed by atoms with E-state index in [9.17, 15) is 4.79 Å². The van der Waals surface area contributed by atoms with Crippen molar-refractivity contribution < 1.29 is 4.79 Å². The van der Waals surface area contributed by atoms with Gasteiger partial charge in [0, 0.05) is 13.0 Å². The summed E-state index contributed by atoms with van der Waals surface area (Å²) in [5.41, 5.74) is 2.51. The van der Waals surface area contributed by atoms with Gasteiger partial charge in [0.2, 0.25) is 0 Å². The Morgan fingerprint density at radius 2 is 2.25 bits per heavy atom. The van der Waals surface area contributed by atoms with Crippen LogP contribution in [0.2, 0.25) is 0 Å². The van der Waals surface area contributed by atoms with Crippen molar-refractivity contribution in [1.29, 1.82) is 0 Å². The van der Waals surface area contributed by atoms with E-state index in [1.54, 1.807) is 0 Å². The molecule has 0 heterocycles. The van der Waals surface area contributed by atoms with Gasteiger partial charge in [-0.25, -0.2) is 0 Å². The van der Waals surface area contributed by atoms with E-state index >= 15 is 0 Å². The van der Waals surface area contributed by atoms with Crippen molar-refractivity contribution in [2.45, 2.75) is 19.3 Å². The number of aldehydes is 1. The van der Waals surface area contributed by atoms with E-state index < -0.39 is 0 Å². The van der Waals surface area contributed by atoms with Crippen LogP contribution in [0.3, 0.4) is 0 Å². The van der Waals surface area contributed by atoms with Crippen molar-refractivity contribution in [3.05, 3.63) is 0 Å². The van der Waals surface area contributed by atoms with Crippen molar-refractivity contribution in [3.8, 4) is 0 Å². The number of carbonyl (C=O) groups excluding carboxylic acids is 1. The standard InChI is InChI=1S/C5H12N2O/c6-7-4-2-1-3-5-8/h5,7H,1-4,6H2. The Labute approximate surface area is 49.2 Å². The predicted molar refractivity (Wildman–Crippen MR) is 32.1 cm³/mol. The minimum absolute atomic E-state index is 0.654. The van der Waals surface area contributed by atoms with E-state index in [1.165, 1.54) is 0 Å². The Morgan fingerprint density at radius 3 is 2.75 bits per heavy atom. The fourth-order valence-corrected chi connectivity index (χ4v) is 0.455. The Bertz CT molecular complexity index is 56.4. The second kappa shape index (κ2) is 6.59. The summed E-state index contributed by atoms with van der Waals surface area (Å²) in [6, 6.07) is 0. The molecule has 0 unspecified atom stereocenters. The largest absolute Gasteiger partial charge is 0.303 e. The summed E-state index contributed by atoms with van der Waals surface area (Å²) < 4.78 is 0. The van der Waals surface area contributed by atoms with Crippen molar-refractivity contribution in [2.24, 2.45) is 5.84 Å². The third-order valence-electron chi connectivity index (χ3n) is 0.893. The summed E-state index contributed by atoms with van der Waals surface area (Å²) in [6.45, 7) is 0.799. The average Bonchev–Trinajstić information content (AvgIpc) is 1.81. The Kier molecular flexibility index (Phi) is 6.25. The zero-order valence-corrected chi connectivity index (χ0v) is 4.89. The molecule has 0 aromatic carbocycles. The zero-order valence-electron chi connectivity index (χ0n) is 4.89. The van der Waals surface area contributed by atoms with Crippen LogP contribution in [0.15, 0.2) is 0 Å². The Hall–Kier alpha value is -0.410. The van der Waals surface area contributed by atoms with Crippen LogP contribution < -0.4 is 11.3 Å². The lowest BCUT2D eigenvalue weighted by Crippen LogP contribution is -2.22. The fourth-order valence-electron chi connectivity index (χ4n) is 0.455. The number of carbonyl (C=O) groups is 1. The lowest BCUT2D eigenvalue weighted by molar-refractivity contribution is -0.107. The van der Waals surface area contributed by atoms with Gasteiger partial charge in [-0.15, -0.1) is 0 Å². The van der Waals surface area contributed by atoms with Gasteiger partial charge in [0.1, 0.15) is 6.29 Å². The molecule has 0 spiro atoms. The zero-order chi connectivity index (χ0) is 6.24. The molecule has 0 aromatic heterocycles. The third kappa shape index (κ3) is 5.59. The maximum Gasteiger partial charge on any atom is 0.119 e. The van der Waals surface area contributed by atoms with Crippen LogP contribution in [0.1, 0.15) is 19.3 Å². The fraction of sp³-hybridized carbons (Fsp3) is 0.800. The van der Waals surface area contributed by atoms with Crippen LogP contribution in [-0.4, -0.2) is 12.8 Å². The molecule has 48 valence electrons. The Balaban J connectivity index is 2.62. The van der Waals surface area contributed by atoms with Gasteiger partial charge in [-0.05, 0) is 12.8 Å². The van der Waals surface area contributed by atoms with E-state index in [-0.39, 0.29) is 0 Å². The monoisotopic (exact) mass is 116 g/mol. The highest BCUT2D eigenvalue weighted by molar-refractivity contribution is 5.48. The number of rotatable bonds is 5. The minimum Gasteiger partial charge on any atom is -0.303 e. The molecule has 0 aliphatic carbocycles. The summed E-state index contributed by atoms with van der Waals surface area (Å²) >= 11 is 0. The highest BCUT2D eigenvalue weighted by atomic mass is 16.1. The summed E-state index contributed by atoms with van der Waals surface area (Å²) in [6.07, 6.45) is 3.50. The number of nitrogens with two attached hydrogens (primary N) is 1. The van der Waals surface area contributed by atoms with E-state index in [2.05, 4.69) is 5.43 Å². The topological polar surface area (TPSA) is 55.1 Å². The van der Waals surface area contributed by atoms with Crippen LogP contribution >= 0.6 is 0 Å². The van der Waals surface area contributed by atoms with E-state index in [0.717, 1.165) is 25.7 Å². The lowest BCUT2D eigenvalue weighted by Gasteiger charge is -1.92. The maximum absolute atomic E-state index is 9.72. The van der Waals surface area contributed by atoms with Gasteiger partial charge in [-0.1, -0.05) is 0 Å². The highest BCUT2D eigenvalue weighted by Crippen LogP contribution is 1.88. The van der Waals surface area contributed by atoms with Gasteiger partial charge in [0.15, 0.2) is 0 Å². The first-order valence-electron chi connectivity index (χ1n) is 2.79. The SMILES string of the molecule is NNCCCCC=O. The summed E-state index contributed by atoms with van der Waals surface area (Å²) in [7, 11) is 0. The molecule has 0 saturated heterocycles. The summed E-state index contributed by atoms with van der Waals surface area (Å²) in [5, 5.41) is 0. The van der Waals surface area contributed by atoms with E-state index in [1.807, 2.05) is 0 Å². The van der Waals surface area contributed by atoms with Gasteiger partial charge in [-0.2, -0.15) is 0 Å². The molecule has 0 fully saturated rings. The molecular formula is C5H12N2O. The molecule has 0 amide bonds. The number of hydrogen-bond acceptors (Lipinski definition) is 3. The smallest absolute Gasteiger partial charge is 0.119 e. The maximum atomic E-state index is 9.72. The Morgan fingerprint density at radius 1 is 1.50 bits per heavy atom. The van der Waals surface area contributed by atoms with Crippen molar-refractivity contribution >= 4 is 6.29 Å². The minimum atomic E-state index is 0.654. The van der Waals surface area contributed by atoms with Gasteiger partial charge in [-0.3, -0.25) is 11.3 Å². The molecule has 3 nitrogen and oxygen atoms in total. The van der Waals surface area contributed by atoms with Crippen LogP contribution in [0.25, 0.3) is 0 Å². The van der Waals surface area contributed by atoms with E-state index in [4.69, 9.17) is 5.84 Å². The second-order valence-corrected chi connectivity index (χ2v) is 1.62.